The number of ether oxygens (including phenoxy) is 1. The third-order valence-corrected chi connectivity index (χ3v) is 2.89. The van der Waals surface area contributed by atoms with Crippen LogP contribution in [-0.4, -0.2) is 22.9 Å². The molecule has 0 fully saturated rings. The Morgan fingerprint density at radius 3 is 2.74 bits per heavy atom. The Kier molecular flexibility index (Phi) is 4.98. The molecule has 1 aromatic heterocycles. The predicted octanol–water partition coefficient (Wildman–Crippen LogP) is 2.54. The lowest BCUT2D eigenvalue weighted by Crippen LogP contribution is -2.25. The van der Waals surface area contributed by atoms with Crippen molar-refractivity contribution < 1.29 is 4.74 Å². The van der Waals surface area contributed by atoms with Gasteiger partial charge in [0.05, 0.1) is 12.4 Å². The van der Waals surface area contributed by atoms with Crippen molar-refractivity contribution in [3.05, 3.63) is 48.3 Å². The summed E-state index contributed by atoms with van der Waals surface area (Å²) in [6.07, 6.45) is 4.76. The Morgan fingerprint density at radius 2 is 2.11 bits per heavy atom. The number of aromatic nitrogens is 2. The van der Waals surface area contributed by atoms with Gasteiger partial charge in [-0.3, -0.25) is 4.68 Å². The van der Waals surface area contributed by atoms with Crippen LogP contribution in [0, 0.1) is 0 Å². The lowest BCUT2D eigenvalue weighted by Gasteiger charge is -2.19. The average Bonchev–Trinajstić information content (AvgIpc) is 2.84. The quantitative estimate of drug-likeness (QED) is 0.777. The van der Waals surface area contributed by atoms with Gasteiger partial charge in [-0.15, -0.1) is 0 Å². The predicted molar refractivity (Wildman–Crippen MR) is 76.2 cm³/mol. The van der Waals surface area contributed by atoms with Crippen molar-refractivity contribution in [1.82, 2.24) is 15.1 Å². The van der Waals surface area contributed by atoms with Gasteiger partial charge >= 0.3 is 0 Å². The smallest absolute Gasteiger partial charge is 0.158 e. The summed E-state index contributed by atoms with van der Waals surface area (Å²) in [6, 6.07) is 10.3. The first-order chi connectivity index (χ1) is 9.29. The van der Waals surface area contributed by atoms with Crippen LogP contribution in [0.15, 0.2) is 42.7 Å². The molecule has 1 atom stereocenters. The number of nitrogens with one attached hydrogen (secondary N) is 1. The van der Waals surface area contributed by atoms with Crippen LogP contribution in [0.3, 0.4) is 0 Å². The van der Waals surface area contributed by atoms with Crippen molar-refractivity contribution in [3.8, 4) is 5.75 Å². The summed E-state index contributed by atoms with van der Waals surface area (Å²) in [5.74, 6) is 0.801. The molecule has 1 unspecified atom stereocenters. The van der Waals surface area contributed by atoms with Gasteiger partial charge in [0.25, 0.3) is 0 Å². The third-order valence-electron chi connectivity index (χ3n) is 2.89. The van der Waals surface area contributed by atoms with Gasteiger partial charge in [0.15, 0.2) is 5.75 Å². The topological polar surface area (TPSA) is 39.1 Å². The third kappa shape index (κ3) is 4.10. The Hall–Kier alpha value is -1.81. The van der Waals surface area contributed by atoms with Gasteiger partial charge in [0, 0.05) is 13.6 Å². The van der Waals surface area contributed by atoms with E-state index in [1.807, 2.05) is 31.4 Å². The molecule has 2 rings (SSSR count). The first kappa shape index (κ1) is 13.6. The SMILES string of the molecule is CCCNCC(Oc1cnn(C)c1)c1ccccc1. The van der Waals surface area contributed by atoms with Crippen molar-refractivity contribution >= 4 is 0 Å². The summed E-state index contributed by atoms with van der Waals surface area (Å²) in [4.78, 5) is 0. The molecule has 4 heteroatoms. The number of nitrogens with zero attached hydrogens (tertiary/aromatic N) is 2. The Bertz CT molecular complexity index is 481. The minimum atomic E-state index is 0.0111. The molecule has 0 spiro atoms. The lowest BCUT2D eigenvalue weighted by molar-refractivity contribution is 0.201. The molecular weight excluding hydrogens is 238 g/mol. The molecule has 0 aliphatic heterocycles. The molecule has 0 radical (unpaired) electrons. The van der Waals surface area contributed by atoms with E-state index >= 15 is 0 Å². The molecule has 0 saturated carbocycles. The Balaban J connectivity index is 2.05. The maximum atomic E-state index is 6.02. The van der Waals surface area contributed by atoms with Crippen LogP contribution in [0.5, 0.6) is 5.75 Å². The van der Waals surface area contributed by atoms with E-state index < -0.39 is 0 Å². The van der Waals surface area contributed by atoms with Crippen LogP contribution >= 0.6 is 0 Å². The molecule has 0 amide bonds. The number of hydrogen-bond acceptors (Lipinski definition) is 3. The summed E-state index contributed by atoms with van der Waals surface area (Å²) in [6.45, 7) is 3.96. The van der Waals surface area contributed by atoms with E-state index in [1.54, 1.807) is 10.9 Å². The second-order valence-corrected chi connectivity index (χ2v) is 4.57. The van der Waals surface area contributed by atoms with Gasteiger partial charge in [-0.2, -0.15) is 5.10 Å². The van der Waals surface area contributed by atoms with Crippen molar-refractivity contribution in [2.75, 3.05) is 13.1 Å². The second-order valence-electron chi connectivity index (χ2n) is 4.57. The number of rotatable bonds is 7. The zero-order valence-corrected chi connectivity index (χ0v) is 11.5. The molecular formula is C15H21N3O. The highest BCUT2D eigenvalue weighted by Crippen LogP contribution is 2.20. The van der Waals surface area contributed by atoms with E-state index in [4.69, 9.17) is 4.74 Å². The molecule has 0 aliphatic rings. The minimum absolute atomic E-state index is 0.0111. The summed E-state index contributed by atoms with van der Waals surface area (Å²) < 4.78 is 7.77. The first-order valence-electron chi connectivity index (χ1n) is 6.70. The van der Waals surface area contributed by atoms with E-state index in [0.717, 1.165) is 25.3 Å². The van der Waals surface area contributed by atoms with Gasteiger partial charge < -0.3 is 10.1 Å². The summed E-state index contributed by atoms with van der Waals surface area (Å²) in [5, 5.41) is 7.54. The fourth-order valence-corrected chi connectivity index (χ4v) is 1.93. The van der Waals surface area contributed by atoms with Crippen molar-refractivity contribution in [2.45, 2.75) is 19.4 Å². The standard InChI is InChI=1S/C15H21N3O/c1-3-9-16-11-15(13-7-5-4-6-8-13)19-14-10-17-18(2)12-14/h4-8,10,12,15-16H,3,9,11H2,1-2H3. The normalized spacial score (nSPS) is 12.3. The van der Waals surface area contributed by atoms with Crippen LogP contribution in [0.25, 0.3) is 0 Å². The highest BCUT2D eigenvalue weighted by Gasteiger charge is 2.13. The number of benzene rings is 1. The largest absolute Gasteiger partial charge is 0.481 e. The van der Waals surface area contributed by atoms with Gasteiger partial charge in [-0.25, -0.2) is 0 Å². The molecule has 1 heterocycles. The van der Waals surface area contributed by atoms with Crippen LogP contribution in [0.4, 0.5) is 0 Å². The van der Waals surface area contributed by atoms with Gasteiger partial charge in [-0.1, -0.05) is 37.3 Å². The van der Waals surface area contributed by atoms with Gasteiger partial charge in [-0.05, 0) is 18.5 Å². The van der Waals surface area contributed by atoms with Crippen LogP contribution in [0.1, 0.15) is 25.0 Å². The van der Waals surface area contributed by atoms with E-state index in [2.05, 4.69) is 29.5 Å². The lowest BCUT2D eigenvalue weighted by atomic mass is 10.1. The van der Waals surface area contributed by atoms with Crippen LogP contribution in [-0.2, 0) is 7.05 Å². The van der Waals surface area contributed by atoms with Crippen molar-refractivity contribution in [1.29, 1.82) is 0 Å². The molecule has 0 bridgehead atoms. The van der Waals surface area contributed by atoms with E-state index in [-0.39, 0.29) is 6.10 Å². The van der Waals surface area contributed by atoms with E-state index in [0.29, 0.717) is 0 Å². The Morgan fingerprint density at radius 1 is 1.32 bits per heavy atom. The molecule has 102 valence electrons. The molecule has 1 aromatic carbocycles. The number of aryl methyl sites for hydroxylation is 1. The second kappa shape index (κ2) is 6.95. The summed E-state index contributed by atoms with van der Waals surface area (Å²) >= 11 is 0. The summed E-state index contributed by atoms with van der Waals surface area (Å²) in [5.41, 5.74) is 1.18. The van der Waals surface area contributed by atoms with E-state index in [1.165, 1.54) is 5.56 Å². The monoisotopic (exact) mass is 259 g/mol. The van der Waals surface area contributed by atoms with Crippen LogP contribution < -0.4 is 10.1 Å². The Labute approximate surface area is 114 Å². The number of hydrogen-bond donors (Lipinski definition) is 1. The fourth-order valence-electron chi connectivity index (χ4n) is 1.93. The fraction of sp³-hybridized carbons (Fsp3) is 0.400. The molecule has 4 nitrogen and oxygen atoms in total. The first-order valence-corrected chi connectivity index (χ1v) is 6.70. The molecule has 0 saturated heterocycles. The molecule has 19 heavy (non-hydrogen) atoms. The highest BCUT2D eigenvalue weighted by atomic mass is 16.5. The minimum Gasteiger partial charge on any atom is -0.481 e. The molecule has 0 aliphatic carbocycles. The van der Waals surface area contributed by atoms with Crippen molar-refractivity contribution in [2.24, 2.45) is 7.05 Å². The van der Waals surface area contributed by atoms with Crippen LogP contribution in [0.2, 0.25) is 0 Å². The van der Waals surface area contributed by atoms with Gasteiger partial charge in [0.2, 0.25) is 0 Å². The molecule has 2 aromatic rings. The van der Waals surface area contributed by atoms with Gasteiger partial charge in [0.1, 0.15) is 6.10 Å². The maximum Gasteiger partial charge on any atom is 0.158 e. The maximum absolute atomic E-state index is 6.02. The van der Waals surface area contributed by atoms with Crippen molar-refractivity contribution in [3.63, 3.8) is 0 Å². The zero-order valence-electron chi connectivity index (χ0n) is 11.5. The highest BCUT2D eigenvalue weighted by molar-refractivity contribution is 5.21. The summed E-state index contributed by atoms with van der Waals surface area (Å²) in [7, 11) is 1.89. The van der Waals surface area contributed by atoms with E-state index in [9.17, 15) is 0 Å². The molecule has 1 N–H and O–H groups in total. The zero-order chi connectivity index (χ0) is 13.5. The average molecular weight is 259 g/mol.